The summed E-state index contributed by atoms with van der Waals surface area (Å²) in [6.45, 7) is 1.84. The molecule has 0 amide bonds. The van der Waals surface area contributed by atoms with Gasteiger partial charge in [-0.2, -0.15) is 5.26 Å². The van der Waals surface area contributed by atoms with Crippen LogP contribution in [0, 0.1) is 11.3 Å². The maximum absolute atomic E-state index is 8.50. The normalized spacial score (nSPS) is 12.5. The smallest absolute Gasteiger partial charge is 0.0947 e. The van der Waals surface area contributed by atoms with Crippen LogP contribution in [0.5, 0.6) is 0 Å². The lowest BCUT2D eigenvalue weighted by Gasteiger charge is -1.92. The zero-order chi connectivity index (χ0) is 7.56. The number of nitriles is 1. The van der Waals surface area contributed by atoms with Crippen LogP contribution in [0.25, 0.3) is 0 Å². The van der Waals surface area contributed by atoms with Crippen LogP contribution in [0.15, 0.2) is 12.5 Å². The summed E-state index contributed by atoms with van der Waals surface area (Å²) in [6.07, 6.45) is 3.55. The summed E-state index contributed by atoms with van der Waals surface area (Å²) in [7, 11) is 1.89. The Morgan fingerprint density at radius 3 is 2.90 bits per heavy atom. The Morgan fingerprint density at radius 1 is 1.80 bits per heavy atom. The number of imidazole rings is 1. The van der Waals surface area contributed by atoms with Gasteiger partial charge in [-0.25, -0.2) is 4.98 Å². The first-order chi connectivity index (χ1) is 4.74. The fraction of sp³-hybridized carbons (Fsp3) is 0.429. The van der Waals surface area contributed by atoms with Gasteiger partial charge in [-0.05, 0) is 6.92 Å². The Morgan fingerprint density at radius 2 is 2.50 bits per heavy atom. The highest BCUT2D eigenvalue weighted by Gasteiger charge is 2.04. The van der Waals surface area contributed by atoms with E-state index < -0.39 is 0 Å². The maximum atomic E-state index is 8.50. The van der Waals surface area contributed by atoms with E-state index >= 15 is 0 Å². The lowest BCUT2D eigenvalue weighted by molar-refractivity contribution is 0.905. The summed E-state index contributed by atoms with van der Waals surface area (Å²) < 4.78 is 1.84. The second-order valence-corrected chi connectivity index (χ2v) is 2.31. The summed E-state index contributed by atoms with van der Waals surface area (Å²) in [4.78, 5) is 4.03. The van der Waals surface area contributed by atoms with Crippen molar-refractivity contribution in [3.63, 3.8) is 0 Å². The van der Waals surface area contributed by atoms with Crippen molar-refractivity contribution in [2.75, 3.05) is 0 Å². The lowest BCUT2D eigenvalue weighted by atomic mass is 10.1. The average Bonchev–Trinajstić information content (AvgIpc) is 2.34. The van der Waals surface area contributed by atoms with E-state index in [0.29, 0.717) is 0 Å². The molecule has 0 fully saturated rings. The van der Waals surface area contributed by atoms with Gasteiger partial charge < -0.3 is 4.57 Å². The number of hydrogen-bond acceptors (Lipinski definition) is 2. The van der Waals surface area contributed by atoms with Gasteiger partial charge in [-0.1, -0.05) is 0 Å². The monoisotopic (exact) mass is 135 g/mol. The summed E-state index contributed by atoms with van der Waals surface area (Å²) in [5.74, 6) is -0.0961. The van der Waals surface area contributed by atoms with Crippen LogP contribution in [0.3, 0.4) is 0 Å². The first-order valence-electron chi connectivity index (χ1n) is 3.11. The first-order valence-corrected chi connectivity index (χ1v) is 3.11. The van der Waals surface area contributed by atoms with Crippen molar-refractivity contribution in [2.45, 2.75) is 12.8 Å². The first kappa shape index (κ1) is 6.81. The molecular formula is C7H9N3. The highest BCUT2D eigenvalue weighted by atomic mass is 15.0. The van der Waals surface area contributed by atoms with E-state index in [0.717, 1.165) is 5.69 Å². The quantitative estimate of drug-likeness (QED) is 0.577. The summed E-state index contributed by atoms with van der Waals surface area (Å²) in [5.41, 5.74) is 0.838. The molecule has 0 aliphatic rings. The average molecular weight is 135 g/mol. The molecule has 3 nitrogen and oxygen atoms in total. The molecule has 0 aliphatic carbocycles. The minimum atomic E-state index is -0.0961. The third-order valence-electron chi connectivity index (χ3n) is 1.36. The number of aryl methyl sites for hydroxylation is 1. The molecule has 1 atom stereocenters. The minimum Gasteiger partial charge on any atom is -0.340 e. The van der Waals surface area contributed by atoms with E-state index in [2.05, 4.69) is 11.1 Å². The zero-order valence-corrected chi connectivity index (χ0v) is 6.07. The standard InChI is InChI=1S/C7H9N3/c1-6(3-8)7-4-10(2)5-9-7/h4-6H,1-2H3. The highest BCUT2D eigenvalue weighted by molar-refractivity contribution is 5.11. The molecule has 10 heavy (non-hydrogen) atoms. The van der Waals surface area contributed by atoms with Crippen molar-refractivity contribution in [1.29, 1.82) is 5.26 Å². The van der Waals surface area contributed by atoms with Crippen molar-refractivity contribution in [3.05, 3.63) is 18.2 Å². The van der Waals surface area contributed by atoms with Crippen molar-refractivity contribution >= 4 is 0 Å². The van der Waals surface area contributed by atoms with Gasteiger partial charge in [0.25, 0.3) is 0 Å². The fourth-order valence-electron chi connectivity index (χ4n) is 0.723. The van der Waals surface area contributed by atoms with E-state index in [9.17, 15) is 0 Å². The molecule has 1 rings (SSSR count). The molecule has 0 spiro atoms. The van der Waals surface area contributed by atoms with Crippen LogP contribution < -0.4 is 0 Å². The van der Waals surface area contributed by atoms with Crippen LogP contribution in [0.1, 0.15) is 18.5 Å². The minimum absolute atomic E-state index is 0.0961. The van der Waals surface area contributed by atoms with Gasteiger partial charge in [-0.3, -0.25) is 0 Å². The topological polar surface area (TPSA) is 41.6 Å². The molecule has 0 saturated heterocycles. The molecule has 0 aromatic carbocycles. The van der Waals surface area contributed by atoms with Crippen LogP contribution >= 0.6 is 0 Å². The second-order valence-electron chi connectivity index (χ2n) is 2.31. The van der Waals surface area contributed by atoms with Crippen molar-refractivity contribution in [3.8, 4) is 6.07 Å². The fourth-order valence-corrected chi connectivity index (χ4v) is 0.723. The van der Waals surface area contributed by atoms with Crippen molar-refractivity contribution in [2.24, 2.45) is 7.05 Å². The van der Waals surface area contributed by atoms with Gasteiger partial charge in [0.1, 0.15) is 0 Å². The molecule has 0 aliphatic heterocycles. The van der Waals surface area contributed by atoms with Gasteiger partial charge >= 0.3 is 0 Å². The predicted octanol–water partition coefficient (Wildman–Crippen LogP) is 1.05. The maximum Gasteiger partial charge on any atom is 0.0947 e. The molecule has 0 saturated carbocycles. The second kappa shape index (κ2) is 2.53. The van der Waals surface area contributed by atoms with Gasteiger partial charge in [0.2, 0.25) is 0 Å². The molecule has 0 bridgehead atoms. The predicted molar refractivity (Wildman–Crippen MR) is 37.2 cm³/mol. The number of nitrogens with zero attached hydrogens (tertiary/aromatic N) is 3. The van der Waals surface area contributed by atoms with E-state index in [1.165, 1.54) is 0 Å². The Hall–Kier alpha value is -1.30. The van der Waals surface area contributed by atoms with E-state index in [-0.39, 0.29) is 5.92 Å². The largest absolute Gasteiger partial charge is 0.340 e. The van der Waals surface area contributed by atoms with Crippen LogP contribution in [-0.4, -0.2) is 9.55 Å². The van der Waals surface area contributed by atoms with Gasteiger partial charge in [0.15, 0.2) is 0 Å². The number of aromatic nitrogens is 2. The van der Waals surface area contributed by atoms with Crippen LogP contribution in [0.2, 0.25) is 0 Å². The molecule has 1 heterocycles. The van der Waals surface area contributed by atoms with Gasteiger partial charge in [0.05, 0.1) is 24.0 Å². The van der Waals surface area contributed by atoms with Crippen LogP contribution in [0.4, 0.5) is 0 Å². The SMILES string of the molecule is CC(C#N)c1cn(C)cn1. The third kappa shape index (κ3) is 1.16. The molecule has 52 valence electrons. The highest BCUT2D eigenvalue weighted by Crippen LogP contribution is 2.09. The van der Waals surface area contributed by atoms with Gasteiger partial charge in [-0.15, -0.1) is 0 Å². The van der Waals surface area contributed by atoms with Crippen LogP contribution in [-0.2, 0) is 7.05 Å². The lowest BCUT2D eigenvalue weighted by Crippen LogP contribution is -1.88. The third-order valence-corrected chi connectivity index (χ3v) is 1.36. The number of hydrogen-bond donors (Lipinski definition) is 0. The van der Waals surface area contributed by atoms with E-state index in [4.69, 9.17) is 5.26 Å². The number of rotatable bonds is 1. The Labute approximate surface area is 59.9 Å². The zero-order valence-electron chi connectivity index (χ0n) is 6.07. The molecule has 1 aromatic heterocycles. The van der Waals surface area contributed by atoms with Crippen molar-refractivity contribution < 1.29 is 0 Å². The Bertz CT molecular complexity index is 256. The summed E-state index contributed by atoms with van der Waals surface area (Å²) in [6, 6.07) is 2.12. The summed E-state index contributed by atoms with van der Waals surface area (Å²) in [5, 5.41) is 8.50. The van der Waals surface area contributed by atoms with Gasteiger partial charge in [0, 0.05) is 13.2 Å². The molecular weight excluding hydrogens is 126 g/mol. The molecule has 1 unspecified atom stereocenters. The van der Waals surface area contributed by atoms with E-state index in [1.54, 1.807) is 6.33 Å². The molecule has 1 aromatic rings. The molecule has 0 N–H and O–H groups in total. The van der Waals surface area contributed by atoms with E-state index in [1.807, 2.05) is 24.7 Å². The Balaban J connectivity index is 2.87. The summed E-state index contributed by atoms with van der Waals surface area (Å²) >= 11 is 0. The molecule has 0 radical (unpaired) electrons. The van der Waals surface area contributed by atoms with Crippen molar-refractivity contribution in [1.82, 2.24) is 9.55 Å². The molecule has 3 heteroatoms. The Kier molecular flexibility index (Phi) is 1.72.